The van der Waals surface area contributed by atoms with Crippen LogP contribution < -0.4 is 0 Å². The van der Waals surface area contributed by atoms with Crippen LogP contribution in [0.2, 0.25) is 0 Å². The van der Waals surface area contributed by atoms with Gasteiger partial charge < -0.3 is 10.2 Å². The molecule has 2 aromatic rings. The first kappa shape index (κ1) is 17.8. The minimum atomic E-state index is -4.55. The van der Waals surface area contributed by atoms with Gasteiger partial charge in [0, 0.05) is 0 Å². The Morgan fingerprint density at radius 2 is 1.17 bits per heavy atom. The molecule has 0 spiro atoms. The van der Waals surface area contributed by atoms with Crippen molar-refractivity contribution in [2.24, 2.45) is 10.2 Å². The molecule has 0 aliphatic heterocycles. The van der Waals surface area contributed by atoms with E-state index in [-0.39, 0.29) is 22.5 Å². The van der Waals surface area contributed by atoms with Gasteiger partial charge in [-0.3, -0.25) is 0 Å². The Kier molecular flexibility index (Phi) is 4.55. The van der Waals surface area contributed by atoms with Crippen molar-refractivity contribution >= 4 is 11.4 Å². The number of phenols is 2. The number of azo groups is 1. The number of rotatable bonds is 2. The minimum absolute atomic E-state index is 0.110. The van der Waals surface area contributed by atoms with Gasteiger partial charge in [-0.15, -0.1) is 10.2 Å². The van der Waals surface area contributed by atoms with Crippen LogP contribution in [0.3, 0.4) is 0 Å². The molecule has 0 aromatic heterocycles. The third-order valence-electron chi connectivity index (χ3n) is 3.41. The van der Waals surface area contributed by atoms with Gasteiger partial charge in [0.1, 0.15) is 22.9 Å². The lowest BCUT2D eigenvalue weighted by molar-refractivity contribution is -0.137. The lowest BCUT2D eigenvalue weighted by Gasteiger charge is -2.19. The van der Waals surface area contributed by atoms with Crippen LogP contribution in [0.1, 0.15) is 31.9 Å². The van der Waals surface area contributed by atoms with Crippen LogP contribution in [-0.4, -0.2) is 10.2 Å². The molecule has 2 N–H and O–H groups in total. The van der Waals surface area contributed by atoms with Crippen molar-refractivity contribution in [1.82, 2.24) is 0 Å². The molecular weight excluding hydrogens is 321 g/mol. The van der Waals surface area contributed by atoms with Crippen LogP contribution >= 0.6 is 0 Å². The highest BCUT2D eigenvalue weighted by molar-refractivity contribution is 5.56. The normalized spacial score (nSPS) is 12.8. The van der Waals surface area contributed by atoms with Gasteiger partial charge in [0.25, 0.3) is 0 Å². The molecule has 7 heteroatoms. The molecule has 0 saturated heterocycles. The van der Waals surface area contributed by atoms with Crippen molar-refractivity contribution in [3.05, 3.63) is 47.5 Å². The van der Waals surface area contributed by atoms with E-state index in [1.807, 2.05) is 20.8 Å². The monoisotopic (exact) mass is 338 g/mol. The van der Waals surface area contributed by atoms with Gasteiger partial charge in [-0.1, -0.05) is 26.8 Å². The van der Waals surface area contributed by atoms with E-state index in [0.29, 0.717) is 6.07 Å². The average Bonchev–Trinajstić information content (AvgIpc) is 2.45. The molecule has 0 radical (unpaired) electrons. The number of benzene rings is 2. The van der Waals surface area contributed by atoms with Gasteiger partial charge in [-0.2, -0.15) is 13.2 Å². The Morgan fingerprint density at radius 3 is 1.58 bits per heavy atom. The van der Waals surface area contributed by atoms with Crippen LogP contribution in [0, 0.1) is 0 Å². The standard InChI is InChI=1S/C17H17F3N2O2/c1-16(2,3)10-4-6-14(23)12(8-10)21-22-13-9-11(17(18,19)20)5-7-15(13)24/h4-9,23-24H,1-3H3. The lowest BCUT2D eigenvalue weighted by atomic mass is 9.87. The SMILES string of the molecule is CC(C)(C)c1ccc(O)c(N=Nc2cc(C(F)(F)F)ccc2O)c1. The van der Waals surface area contributed by atoms with Crippen LogP contribution in [-0.2, 0) is 11.6 Å². The molecule has 128 valence electrons. The second-order valence-corrected chi connectivity index (χ2v) is 6.35. The summed E-state index contributed by atoms with van der Waals surface area (Å²) in [6, 6.07) is 7.14. The van der Waals surface area contributed by atoms with Crippen LogP contribution in [0.4, 0.5) is 24.5 Å². The van der Waals surface area contributed by atoms with Crippen molar-refractivity contribution in [1.29, 1.82) is 0 Å². The molecule has 2 aromatic carbocycles. The van der Waals surface area contributed by atoms with E-state index in [4.69, 9.17) is 0 Å². The molecule has 4 nitrogen and oxygen atoms in total. The van der Waals surface area contributed by atoms with Crippen LogP contribution in [0.25, 0.3) is 0 Å². The fourth-order valence-electron chi connectivity index (χ4n) is 1.96. The number of phenolic OH excluding ortho intramolecular Hbond substituents is 2. The maximum atomic E-state index is 12.7. The van der Waals surface area contributed by atoms with E-state index in [9.17, 15) is 23.4 Å². The largest absolute Gasteiger partial charge is 0.506 e. The van der Waals surface area contributed by atoms with Gasteiger partial charge >= 0.3 is 6.18 Å². The number of aromatic hydroxyl groups is 2. The van der Waals surface area contributed by atoms with E-state index >= 15 is 0 Å². The Morgan fingerprint density at radius 1 is 0.750 bits per heavy atom. The highest BCUT2D eigenvalue weighted by Gasteiger charge is 2.31. The Bertz CT molecular complexity index is 713. The zero-order valence-corrected chi connectivity index (χ0v) is 13.4. The molecule has 24 heavy (non-hydrogen) atoms. The lowest BCUT2D eigenvalue weighted by Crippen LogP contribution is -2.10. The minimum Gasteiger partial charge on any atom is -0.506 e. The van der Waals surface area contributed by atoms with Crippen LogP contribution in [0.15, 0.2) is 46.6 Å². The van der Waals surface area contributed by atoms with Gasteiger partial charge in [0.2, 0.25) is 0 Å². The number of hydrogen-bond donors (Lipinski definition) is 2. The topological polar surface area (TPSA) is 65.2 Å². The maximum Gasteiger partial charge on any atom is 0.416 e. The van der Waals surface area contributed by atoms with E-state index in [2.05, 4.69) is 10.2 Å². The fraction of sp³-hybridized carbons (Fsp3) is 0.294. The summed E-state index contributed by atoms with van der Waals surface area (Å²) in [5.41, 5.74) is -0.481. The van der Waals surface area contributed by atoms with Gasteiger partial charge in [-0.05, 0) is 41.3 Å². The number of alkyl halides is 3. The molecule has 2 rings (SSSR count). The van der Waals surface area contributed by atoms with Crippen molar-refractivity contribution in [3.8, 4) is 11.5 Å². The van der Waals surface area contributed by atoms with E-state index in [1.54, 1.807) is 12.1 Å². The molecule has 0 heterocycles. The molecule has 0 aliphatic carbocycles. The summed E-state index contributed by atoms with van der Waals surface area (Å²) in [6.45, 7) is 5.91. The molecule has 0 amide bonds. The summed E-state index contributed by atoms with van der Waals surface area (Å²) in [5, 5.41) is 26.9. The first-order valence-corrected chi connectivity index (χ1v) is 7.14. The molecule has 0 bridgehead atoms. The quantitative estimate of drug-likeness (QED) is 0.677. The molecular formula is C17H17F3N2O2. The number of hydrogen-bond acceptors (Lipinski definition) is 4. The zero-order chi connectivity index (χ0) is 18.1. The van der Waals surface area contributed by atoms with E-state index in [0.717, 1.165) is 17.7 Å². The van der Waals surface area contributed by atoms with E-state index < -0.39 is 17.5 Å². The summed E-state index contributed by atoms with van der Waals surface area (Å²) < 4.78 is 38.2. The predicted octanol–water partition coefficient (Wildman–Crippen LogP) is 5.83. The Labute approximate surface area is 137 Å². The second-order valence-electron chi connectivity index (χ2n) is 6.35. The summed E-state index contributed by atoms with van der Waals surface area (Å²) in [5.74, 6) is -0.587. The van der Waals surface area contributed by atoms with Crippen molar-refractivity contribution in [2.75, 3.05) is 0 Å². The molecule has 0 unspecified atom stereocenters. The Hall–Kier alpha value is -2.57. The number of halogens is 3. The fourth-order valence-corrected chi connectivity index (χ4v) is 1.96. The highest BCUT2D eigenvalue weighted by atomic mass is 19.4. The van der Waals surface area contributed by atoms with E-state index in [1.165, 1.54) is 6.07 Å². The van der Waals surface area contributed by atoms with Gasteiger partial charge in [0.15, 0.2) is 0 Å². The summed E-state index contributed by atoms with van der Waals surface area (Å²) >= 11 is 0. The molecule has 0 fully saturated rings. The second kappa shape index (κ2) is 6.14. The summed E-state index contributed by atoms with van der Waals surface area (Å²) in [6.07, 6.45) is -4.55. The Balaban J connectivity index is 2.41. The predicted molar refractivity (Wildman–Crippen MR) is 84.1 cm³/mol. The van der Waals surface area contributed by atoms with Gasteiger partial charge in [0.05, 0.1) is 5.56 Å². The summed E-state index contributed by atoms with van der Waals surface area (Å²) in [4.78, 5) is 0. The zero-order valence-electron chi connectivity index (χ0n) is 13.4. The average molecular weight is 338 g/mol. The molecule has 0 atom stereocenters. The number of nitrogens with zero attached hydrogens (tertiary/aromatic N) is 2. The smallest absolute Gasteiger partial charge is 0.416 e. The molecule has 0 saturated carbocycles. The third-order valence-corrected chi connectivity index (χ3v) is 3.41. The third kappa shape index (κ3) is 4.04. The summed E-state index contributed by atoms with van der Waals surface area (Å²) in [7, 11) is 0. The first-order valence-electron chi connectivity index (χ1n) is 7.14. The van der Waals surface area contributed by atoms with Gasteiger partial charge in [-0.25, -0.2) is 0 Å². The van der Waals surface area contributed by atoms with Crippen molar-refractivity contribution < 1.29 is 23.4 Å². The van der Waals surface area contributed by atoms with Crippen molar-refractivity contribution in [3.63, 3.8) is 0 Å². The van der Waals surface area contributed by atoms with Crippen LogP contribution in [0.5, 0.6) is 11.5 Å². The maximum absolute atomic E-state index is 12.7. The molecule has 0 aliphatic rings. The van der Waals surface area contributed by atoms with Crippen molar-refractivity contribution in [2.45, 2.75) is 32.4 Å². The highest BCUT2D eigenvalue weighted by Crippen LogP contribution is 2.38. The first-order chi connectivity index (χ1) is 11.0.